The molecule has 1 aromatic heterocycles. The van der Waals surface area contributed by atoms with Crippen molar-refractivity contribution in [1.82, 2.24) is 14.8 Å². The van der Waals surface area contributed by atoms with Crippen LogP contribution in [0.1, 0.15) is 18.5 Å². The van der Waals surface area contributed by atoms with Gasteiger partial charge in [-0.05, 0) is 25.0 Å². The number of aromatic nitrogens is 1. The van der Waals surface area contributed by atoms with Crippen LogP contribution in [-0.2, 0) is 20.8 Å². The van der Waals surface area contributed by atoms with Crippen molar-refractivity contribution in [2.24, 2.45) is 11.3 Å². The van der Waals surface area contributed by atoms with E-state index in [0.29, 0.717) is 12.5 Å². The number of carbonyl (C=O) groups excluding carboxylic acids is 1. The largest absolute Gasteiger partial charge is 0.380 e. The van der Waals surface area contributed by atoms with Crippen molar-refractivity contribution in [3.8, 4) is 0 Å². The molecule has 3 saturated heterocycles. The highest BCUT2D eigenvalue weighted by Crippen LogP contribution is 2.41. The van der Waals surface area contributed by atoms with Crippen molar-refractivity contribution in [3.63, 3.8) is 0 Å². The number of likely N-dealkylation sites (tertiary alicyclic amines) is 2. The van der Waals surface area contributed by atoms with E-state index in [1.807, 2.05) is 23.2 Å². The summed E-state index contributed by atoms with van der Waals surface area (Å²) >= 11 is 0. The first-order valence-electron chi connectivity index (χ1n) is 9.31. The molecular weight excluding hydrogens is 318 g/mol. The molecule has 0 aromatic carbocycles. The summed E-state index contributed by atoms with van der Waals surface area (Å²) in [6.45, 7) is 6.94. The van der Waals surface area contributed by atoms with Crippen molar-refractivity contribution >= 4 is 5.91 Å². The second kappa shape index (κ2) is 7.40. The lowest BCUT2D eigenvalue weighted by Gasteiger charge is -2.27. The monoisotopic (exact) mass is 345 g/mol. The summed E-state index contributed by atoms with van der Waals surface area (Å²) in [7, 11) is 0. The van der Waals surface area contributed by atoms with E-state index >= 15 is 0 Å². The molecule has 3 aliphatic heterocycles. The molecule has 136 valence electrons. The molecule has 3 aliphatic rings. The summed E-state index contributed by atoms with van der Waals surface area (Å²) in [4.78, 5) is 21.0. The zero-order valence-electron chi connectivity index (χ0n) is 14.7. The van der Waals surface area contributed by atoms with E-state index in [9.17, 15) is 4.79 Å². The van der Waals surface area contributed by atoms with Gasteiger partial charge in [-0.2, -0.15) is 0 Å². The summed E-state index contributed by atoms with van der Waals surface area (Å²) in [6.07, 6.45) is 4.08. The number of pyridine rings is 1. The van der Waals surface area contributed by atoms with E-state index in [1.165, 1.54) is 0 Å². The van der Waals surface area contributed by atoms with Crippen molar-refractivity contribution in [3.05, 3.63) is 30.1 Å². The minimum absolute atomic E-state index is 0.0278. The summed E-state index contributed by atoms with van der Waals surface area (Å²) in [5.74, 6) is 0.616. The Morgan fingerprint density at radius 1 is 1.36 bits per heavy atom. The maximum atomic E-state index is 12.2. The molecule has 4 heterocycles. The van der Waals surface area contributed by atoms with Gasteiger partial charge in [0, 0.05) is 50.3 Å². The Kier molecular flexibility index (Phi) is 5.01. The molecule has 0 spiro atoms. The summed E-state index contributed by atoms with van der Waals surface area (Å²) in [5, 5.41) is 0. The van der Waals surface area contributed by atoms with Crippen LogP contribution < -0.4 is 0 Å². The third kappa shape index (κ3) is 3.71. The predicted molar refractivity (Wildman–Crippen MR) is 92.9 cm³/mol. The van der Waals surface area contributed by atoms with Gasteiger partial charge in [-0.1, -0.05) is 6.07 Å². The van der Waals surface area contributed by atoms with Crippen LogP contribution in [0.3, 0.4) is 0 Å². The predicted octanol–water partition coefficient (Wildman–Crippen LogP) is 1.17. The fourth-order valence-electron chi connectivity index (χ4n) is 4.39. The molecule has 0 saturated carbocycles. The number of nitrogens with zero attached hydrogens (tertiary/aromatic N) is 3. The van der Waals surface area contributed by atoms with Crippen LogP contribution >= 0.6 is 0 Å². The first-order valence-corrected chi connectivity index (χ1v) is 9.31. The minimum atomic E-state index is 0.0278. The number of amides is 1. The molecular formula is C19H27N3O3. The molecule has 1 amide bonds. The first kappa shape index (κ1) is 16.9. The normalized spacial score (nSPS) is 29.3. The molecule has 0 N–H and O–H groups in total. The Morgan fingerprint density at radius 3 is 3.04 bits per heavy atom. The number of fused-ring (bicyclic) bond motifs is 1. The SMILES string of the molecule is O=C(COC[C@]12COC[C@H]1CN(Cc1ccccn1)C2)N1CCCC1. The zero-order valence-corrected chi connectivity index (χ0v) is 14.7. The fraction of sp³-hybridized carbons (Fsp3) is 0.684. The highest BCUT2D eigenvalue weighted by molar-refractivity contribution is 5.77. The van der Waals surface area contributed by atoms with Gasteiger partial charge < -0.3 is 14.4 Å². The lowest BCUT2D eigenvalue weighted by molar-refractivity contribution is -0.136. The van der Waals surface area contributed by atoms with Gasteiger partial charge in [0.25, 0.3) is 0 Å². The van der Waals surface area contributed by atoms with Gasteiger partial charge in [-0.25, -0.2) is 0 Å². The quantitative estimate of drug-likeness (QED) is 0.775. The average molecular weight is 345 g/mol. The van der Waals surface area contributed by atoms with Crippen molar-refractivity contribution in [1.29, 1.82) is 0 Å². The molecule has 25 heavy (non-hydrogen) atoms. The van der Waals surface area contributed by atoms with Crippen LogP contribution in [0.2, 0.25) is 0 Å². The van der Waals surface area contributed by atoms with Crippen molar-refractivity contribution in [2.75, 3.05) is 52.6 Å². The molecule has 4 rings (SSSR count). The van der Waals surface area contributed by atoms with Crippen molar-refractivity contribution in [2.45, 2.75) is 19.4 Å². The number of ether oxygens (including phenoxy) is 2. The lowest BCUT2D eigenvalue weighted by Crippen LogP contribution is -2.38. The smallest absolute Gasteiger partial charge is 0.248 e. The van der Waals surface area contributed by atoms with E-state index in [2.05, 4.69) is 16.0 Å². The van der Waals surface area contributed by atoms with Crippen LogP contribution in [0.25, 0.3) is 0 Å². The summed E-state index contributed by atoms with van der Waals surface area (Å²) in [6, 6.07) is 6.05. The van der Waals surface area contributed by atoms with E-state index < -0.39 is 0 Å². The van der Waals surface area contributed by atoms with Crippen LogP contribution in [-0.4, -0.2) is 73.3 Å². The van der Waals surface area contributed by atoms with E-state index in [-0.39, 0.29) is 17.9 Å². The fourth-order valence-corrected chi connectivity index (χ4v) is 4.39. The van der Waals surface area contributed by atoms with Crippen LogP contribution in [0.5, 0.6) is 0 Å². The number of carbonyl (C=O) groups is 1. The maximum absolute atomic E-state index is 12.2. The minimum Gasteiger partial charge on any atom is -0.380 e. The van der Waals surface area contributed by atoms with Gasteiger partial charge in [0.2, 0.25) is 5.91 Å². The standard InChI is InChI=1S/C19H27N3O3/c23-18(22-7-3-4-8-22)12-25-15-19-13-21(9-16(19)11-24-14-19)10-17-5-1-2-6-20-17/h1-2,5-6,16H,3-4,7-15H2/t16-,19+/m1/s1. The van der Waals surface area contributed by atoms with Gasteiger partial charge in [-0.3, -0.25) is 14.7 Å². The second-order valence-corrected chi connectivity index (χ2v) is 7.65. The number of rotatable bonds is 6. The highest BCUT2D eigenvalue weighted by Gasteiger charge is 2.50. The Morgan fingerprint density at radius 2 is 2.24 bits per heavy atom. The van der Waals surface area contributed by atoms with Crippen molar-refractivity contribution < 1.29 is 14.3 Å². The van der Waals surface area contributed by atoms with Gasteiger partial charge in [0.15, 0.2) is 0 Å². The third-order valence-electron chi connectivity index (χ3n) is 5.78. The van der Waals surface area contributed by atoms with Gasteiger partial charge in [0.05, 0.1) is 25.5 Å². The van der Waals surface area contributed by atoms with E-state index in [4.69, 9.17) is 9.47 Å². The van der Waals surface area contributed by atoms with Crippen LogP contribution in [0, 0.1) is 11.3 Å². The lowest BCUT2D eigenvalue weighted by atomic mass is 9.82. The molecule has 1 aromatic rings. The Labute approximate surface area is 149 Å². The van der Waals surface area contributed by atoms with E-state index in [0.717, 1.165) is 64.5 Å². The Hall–Kier alpha value is -1.50. The number of hydrogen-bond donors (Lipinski definition) is 0. The zero-order chi connectivity index (χ0) is 17.1. The van der Waals surface area contributed by atoms with Gasteiger partial charge in [-0.15, -0.1) is 0 Å². The second-order valence-electron chi connectivity index (χ2n) is 7.65. The highest BCUT2D eigenvalue weighted by atomic mass is 16.5. The Balaban J connectivity index is 1.31. The molecule has 3 fully saturated rings. The molecule has 0 radical (unpaired) electrons. The van der Waals surface area contributed by atoms with E-state index in [1.54, 1.807) is 0 Å². The summed E-state index contributed by atoms with van der Waals surface area (Å²) < 4.78 is 11.6. The average Bonchev–Trinajstić information content (AvgIpc) is 3.31. The maximum Gasteiger partial charge on any atom is 0.248 e. The first-order chi connectivity index (χ1) is 12.3. The van der Waals surface area contributed by atoms with Crippen LogP contribution in [0.15, 0.2) is 24.4 Å². The molecule has 0 unspecified atom stereocenters. The third-order valence-corrected chi connectivity index (χ3v) is 5.78. The van der Waals surface area contributed by atoms with Gasteiger partial charge >= 0.3 is 0 Å². The molecule has 2 atom stereocenters. The molecule has 0 bridgehead atoms. The summed E-state index contributed by atoms with van der Waals surface area (Å²) in [5.41, 5.74) is 1.13. The van der Waals surface area contributed by atoms with Gasteiger partial charge in [0.1, 0.15) is 6.61 Å². The molecule has 6 nitrogen and oxygen atoms in total. The van der Waals surface area contributed by atoms with Crippen LogP contribution in [0.4, 0.5) is 0 Å². The molecule has 6 heteroatoms. The molecule has 0 aliphatic carbocycles. The Bertz CT molecular complexity index is 591. The topological polar surface area (TPSA) is 54.9 Å². The number of hydrogen-bond acceptors (Lipinski definition) is 5.